The van der Waals surface area contributed by atoms with Gasteiger partial charge in [-0.1, -0.05) is 12.1 Å². The zero-order valence-electron chi connectivity index (χ0n) is 13.2. The van der Waals surface area contributed by atoms with Crippen LogP contribution in [0.1, 0.15) is 12.0 Å². The molecule has 2 N–H and O–H groups in total. The Bertz CT molecular complexity index is 912. The zero-order valence-corrected chi connectivity index (χ0v) is 13.2. The Morgan fingerprint density at radius 1 is 1.25 bits per heavy atom. The van der Waals surface area contributed by atoms with E-state index in [1.54, 1.807) is 6.20 Å². The molecule has 2 aromatic heterocycles. The van der Waals surface area contributed by atoms with Gasteiger partial charge in [0.25, 0.3) is 0 Å². The van der Waals surface area contributed by atoms with Gasteiger partial charge in [0.1, 0.15) is 5.82 Å². The molecular weight excluding hydrogens is 300 g/mol. The van der Waals surface area contributed by atoms with Crippen molar-refractivity contribution in [2.45, 2.75) is 6.42 Å². The number of nitrogens with one attached hydrogen (secondary N) is 2. The van der Waals surface area contributed by atoms with Crippen molar-refractivity contribution in [2.75, 3.05) is 18.4 Å². The molecule has 3 aromatic rings. The Balaban J connectivity index is 1.94. The maximum absolute atomic E-state index is 10.8. The predicted octanol–water partition coefficient (Wildman–Crippen LogP) is 2.97. The second-order valence-corrected chi connectivity index (χ2v) is 5.78. The standard InChI is InChI=1S/C19H18N4O/c24-13-22-15-4-5-18-16(11-15)17(14-6-9-20-10-7-14)12-23(18)19-3-1-2-8-21-19/h1-6,8,11-13,20H,7,9-10H2,(H,22,24). The summed E-state index contributed by atoms with van der Waals surface area (Å²) in [5.74, 6) is 0.888. The second kappa shape index (κ2) is 6.29. The minimum Gasteiger partial charge on any atom is -0.329 e. The molecule has 5 heteroatoms. The number of benzene rings is 1. The lowest BCUT2D eigenvalue weighted by Gasteiger charge is -2.13. The van der Waals surface area contributed by atoms with E-state index in [1.165, 1.54) is 11.1 Å². The topological polar surface area (TPSA) is 59.0 Å². The fourth-order valence-electron chi connectivity index (χ4n) is 3.20. The lowest BCUT2D eigenvalue weighted by Crippen LogP contribution is -2.19. The average molecular weight is 318 g/mol. The number of rotatable bonds is 4. The molecule has 5 nitrogen and oxygen atoms in total. The molecule has 0 radical (unpaired) electrons. The van der Waals surface area contributed by atoms with Gasteiger partial charge in [0.2, 0.25) is 6.41 Å². The SMILES string of the molecule is O=CNc1ccc2c(c1)c(C1=CCNCC1)cn2-c1ccccn1. The first-order valence-electron chi connectivity index (χ1n) is 8.03. The van der Waals surface area contributed by atoms with E-state index < -0.39 is 0 Å². The van der Waals surface area contributed by atoms with Crippen molar-refractivity contribution >= 4 is 28.6 Å². The summed E-state index contributed by atoms with van der Waals surface area (Å²) in [5, 5.41) is 7.22. The Hall–Kier alpha value is -2.92. The van der Waals surface area contributed by atoms with Crippen LogP contribution in [0.4, 0.5) is 5.69 Å². The number of pyridine rings is 1. The molecule has 4 rings (SSSR count). The van der Waals surface area contributed by atoms with Crippen LogP contribution < -0.4 is 10.6 Å². The minimum absolute atomic E-state index is 0.709. The van der Waals surface area contributed by atoms with Gasteiger partial charge in [-0.2, -0.15) is 0 Å². The van der Waals surface area contributed by atoms with E-state index in [9.17, 15) is 4.79 Å². The van der Waals surface area contributed by atoms with Crippen LogP contribution >= 0.6 is 0 Å². The van der Waals surface area contributed by atoms with Gasteiger partial charge in [0, 0.05) is 35.6 Å². The van der Waals surface area contributed by atoms with Gasteiger partial charge < -0.3 is 15.2 Å². The summed E-state index contributed by atoms with van der Waals surface area (Å²) in [4.78, 5) is 15.3. The Morgan fingerprint density at radius 3 is 2.96 bits per heavy atom. The highest BCUT2D eigenvalue weighted by Gasteiger charge is 2.15. The Morgan fingerprint density at radius 2 is 2.21 bits per heavy atom. The third kappa shape index (κ3) is 2.59. The van der Waals surface area contributed by atoms with E-state index in [1.807, 2.05) is 36.4 Å². The maximum Gasteiger partial charge on any atom is 0.211 e. The first-order valence-corrected chi connectivity index (χ1v) is 8.03. The molecule has 1 aromatic carbocycles. The summed E-state index contributed by atoms with van der Waals surface area (Å²) in [7, 11) is 0. The molecule has 24 heavy (non-hydrogen) atoms. The van der Waals surface area contributed by atoms with Crippen molar-refractivity contribution < 1.29 is 4.79 Å². The number of aromatic nitrogens is 2. The van der Waals surface area contributed by atoms with Crippen molar-refractivity contribution in [3.8, 4) is 5.82 Å². The number of hydrogen-bond donors (Lipinski definition) is 2. The summed E-state index contributed by atoms with van der Waals surface area (Å²) in [6.07, 6.45) is 7.88. The summed E-state index contributed by atoms with van der Waals surface area (Å²) in [5.41, 5.74) is 4.41. The number of fused-ring (bicyclic) bond motifs is 1. The van der Waals surface area contributed by atoms with Crippen LogP contribution in [-0.4, -0.2) is 29.1 Å². The molecule has 0 unspecified atom stereocenters. The fourth-order valence-corrected chi connectivity index (χ4v) is 3.20. The highest BCUT2D eigenvalue weighted by molar-refractivity contribution is 5.97. The molecule has 0 aliphatic carbocycles. The van der Waals surface area contributed by atoms with E-state index in [4.69, 9.17) is 0 Å². The van der Waals surface area contributed by atoms with Crippen LogP contribution in [-0.2, 0) is 4.79 Å². The lowest BCUT2D eigenvalue weighted by molar-refractivity contribution is -0.105. The summed E-state index contributed by atoms with van der Waals surface area (Å²) in [6.45, 7) is 1.87. The van der Waals surface area contributed by atoms with Crippen LogP contribution in [0.3, 0.4) is 0 Å². The first-order chi connectivity index (χ1) is 11.9. The fraction of sp³-hybridized carbons (Fsp3) is 0.158. The highest BCUT2D eigenvalue weighted by atomic mass is 16.1. The summed E-state index contributed by atoms with van der Waals surface area (Å²) < 4.78 is 2.11. The second-order valence-electron chi connectivity index (χ2n) is 5.78. The van der Waals surface area contributed by atoms with E-state index in [0.717, 1.165) is 41.9 Å². The smallest absolute Gasteiger partial charge is 0.211 e. The molecule has 0 fully saturated rings. The van der Waals surface area contributed by atoms with Crippen LogP contribution in [0.2, 0.25) is 0 Å². The lowest BCUT2D eigenvalue weighted by atomic mass is 9.99. The highest BCUT2D eigenvalue weighted by Crippen LogP contribution is 2.33. The average Bonchev–Trinajstić information content (AvgIpc) is 3.02. The normalized spacial score (nSPS) is 14.4. The van der Waals surface area contributed by atoms with Crippen LogP contribution in [0.15, 0.2) is 54.9 Å². The van der Waals surface area contributed by atoms with Gasteiger partial charge >= 0.3 is 0 Å². The molecule has 0 saturated heterocycles. The quantitative estimate of drug-likeness (QED) is 0.727. The molecule has 0 spiro atoms. The van der Waals surface area contributed by atoms with Crippen molar-refractivity contribution in [1.29, 1.82) is 0 Å². The molecule has 1 aliphatic heterocycles. The monoisotopic (exact) mass is 318 g/mol. The van der Waals surface area contributed by atoms with Crippen LogP contribution in [0, 0.1) is 0 Å². The number of carbonyl (C=O) groups is 1. The van der Waals surface area contributed by atoms with Gasteiger partial charge in [0.15, 0.2) is 0 Å². The van der Waals surface area contributed by atoms with E-state index in [-0.39, 0.29) is 0 Å². The minimum atomic E-state index is 0.709. The molecule has 1 amide bonds. The first kappa shape index (κ1) is 14.7. The van der Waals surface area contributed by atoms with Crippen molar-refractivity contribution in [2.24, 2.45) is 0 Å². The van der Waals surface area contributed by atoms with Gasteiger partial charge in [0.05, 0.1) is 5.52 Å². The van der Waals surface area contributed by atoms with Crippen LogP contribution in [0.25, 0.3) is 22.3 Å². The number of carbonyl (C=O) groups excluding carboxylic acids is 1. The van der Waals surface area contributed by atoms with Crippen molar-refractivity contribution in [1.82, 2.24) is 14.9 Å². The largest absolute Gasteiger partial charge is 0.329 e. The molecule has 0 atom stereocenters. The van der Waals surface area contributed by atoms with Gasteiger partial charge in [-0.25, -0.2) is 4.98 Å². The van der Waals surface area contributed by atoms with E-state index in [0.29, 0.717) is 6.41 Å². The van der Waals surface area contributed by atoms with Gasteiger partial charge in [-0.15, -0.1) is 0 Å². The van der Waals surface area contributed by atoms with Gasteiger partial charge in [-0.05, 0) is 48.9 Å². The van der Waals surface area contributed by atoms with Crippen molar-refractivity contribution in [3.05, 3.63) is 60.4 Å². The Labute approximate surface area is 140 Å². The Kier molecular flexibility index (Phi) is 3.84. The number of amides is 1. The molecule has 3 heterocycles. The number of hydrogen-bond acceptors (Lipinski definition) is 3. The molecule has 0 saturated carbocycles. The maximum atomic E-state index is 10.8. The third-order valence-electron chi connectivity index (χ3n) is 4.34. The molecule has 0 bridgehead atoms. The predicted molar refractivity (Wildman–Crippen MR) is 96.2 cm³/mol. The molecule has 1 aliphatic rings. The molecule has 120 valence electrons. The van der Waals surface area contributed by atoms with E-state index >= 15 is 0 Å². The third-order valence-corrected chi connectivity index (χ3v) is 4.34. The summed E-state index contributed by atoms with van der Waals surface area (Å²) in [6, 6.07) is 11.9. The number of nitrogens with zero attached hydrogens (tertiary/aromatic N) is 2. The summed E-state index contributed by atoms with van der Waals surface area (Å²) >= 11 is 0. The van der Waals surface area contributed by atoms with Gasteiger partial charge in [-0.3, -0.25) is 4.79 Å². The number of anilines is 1. The van der Waals surface area contributed by atoms with Crippen LogP contribution in [0.5, 0.6) is 0 Å². The van der Waals surface area contributed by atoms with E-state index in [2.05, 4.69) is 32.5 Å². The van der Waals surface area contributed by atoms with Crippen molar-refractivity contribution in [3.63, 3.8) is 0 Å². The zero-order chi connectivity index (χ0) is 16.4. The molecular formula is C19H18N4O.